The normalized spacial score (nSPS) is 14.7. The molecule has 0 saturated carbocycles. The minimum absolute atomic E-state index is 0.00435. The zero-order valence-electron chi connectivity index (χ0n) is 7.26. The molecule has 1 heterocycles. The topological polar surface area (TPSA) is 90.7 Å². The highest BCUT2D eigenvalue weighted by molar-refractivity contribution is 6.34. The molecule has 0 fully saturated rings. The summed E-state index contributed by atoms with van der Waals surface area (Å²) >= 11 is 11.2. The molecule has 1 aromatic heterocycles. The smallest absolute Gasteiger partial charge is 0.335 e. The second kappa shape index (κ2) is 4.76. The number of aliphatic carboxylic acids is 1. The first-order chi connectivity index (χ1) is 6.93. The molecule has 15 heavy (non-hydrogen) atoms. The van der Waals surface area contributed by atoms with E-state index >= 15 is 0 Å². The fraction of sp³-hybridized carbons (Fsp3) is 0.250. The second-order valence-corrected chi connectivity index (χ2v) is 3.59. The number of halogens is 2. The van der Waals surface area contributed by atoms with Crippen molar-refractivity contribution in [3.63, 3.8) is 0 Å². The molecule has 0 amide bonds. The minimum atomic E-state index is -1.98. The van der Waals surface area contributed by atoms with Crippen LogP contribution in [0.15, 0.2) is 12.3 Å². The molecule has 0 spiro atoms. The minimum Gasteiger partial charge on any atom is -0.479 e. The van der Waals surface area contributed by atoms with Crippen LogP contribution in [0.3, 0.4) is 0 Å². The van der Waals surface area contributed by atoms with Gasteiger partial charge in [0.05, 0.1) is 15.7 Å². The summed E-state index contributed by atoms with van der Waals surface area (Å²) in [5.74, 6) is -1.56. The van der Waals surface area contributed by atoms with Crippen molar-refractivity contribution in [3.05, 3.63) is 28.0 Å². The molecule has 1 rings (SSSR count). The van der Waals surface area contributed by atoms with Crippen molar-refractivity contribution in [2.75, 3.05) is 0 Å². The zero-order chi connectivity index (χ0) is 11.6. The van der Waals surface area contributed by atoms with E-state index in [1.54, 1.807) is 0 Å². The average molecular weight is 252 g/mol. The lowest BCUT2D eigenvalue weighted by Gasteiger charge is -2.14. The molecule has 1 aromatic rings. The third-order valence-corrected chi connectivity index (χ3v) is 2.18. The number of aliphatic hydroxyl groups is 2. The van der Waals surface area contributed by atoms with Gasteiger partial charge in [-0.15, -0.1) is 0 Å². The van der Waals surface area contributed by atoms with Crippen LogP contribution >= 0.6 is 23.2 Å². The summed E-state index contributed by atoms with van der Waals surface area (Å²) in [6.07, 6.45) is -2.47. The Bertz CT molecular complexity index is 385. The Hall–Kier alpha value is -0.880. The first-order valence-electron chi connectivity index (χ1n) is 3.83. The Morgan fingerprint density at radius 1 is 1.40 bits per heavy atom. The third kappa shape index (κ3) is 2.79. The van der Waals surface area contributed by atoms with E-state index in [9.17, 15) is 9.90 Å². The molecule has 0 aliphatic rings. The zero-order valence-corrected chi connectivity index (χ0v) is 8.77. The van der Waals surface area contributed by atoms with Crippen LogP contribution in [0.25, 0.3) is 0 Å². The van der Waals surface area contributed by atoms with E-state index in [2.05, 4.69) is 4.98 Å². The van der Waals surface area contributed by atoms with Crippen LogP contribution in [0.2, 0.25) is 10.0 Å². The summed E-state index contributed by atoms with van der Waals surface area (Å²) in [4.78, 5) is 14.0. The summed E-state index contributed by atoms with van der Waals surface area (Å²) in [5, 5.41) is 27.2. The van der Waals surface area contributed by atoms with Crippen molar-refractivity contribution in [2.24, 2.45) is 0 Å². The monoisotopic (exact) mass is 251 g/mol. The van der Waals surface area contributed by atoms with Crippen LogP contribution in [0.1, 0.15) is 11.8 Å². The molecule has 7 heteroatoms. The summed E-state index contributed by atoms with van der Waals surface area (Å²) in [7, 11) is 0. The largest absolute Gasteiger partial charge is 0.479 e. The predicted molar refractivity (Wildman–Crippen MR) is 52.9 cm³/mol. The number of carbonyl (C=O) groups is 1. The van der Waals surface area contributed by atoms with Crippen molar-refractivity contribution >= 4 is 29.2 Å². The summed E-state index contributed by atoms with van der Waals surface area (Å²) in [6.45, 7) is 0. The molecule has 0 saturated heterocycles. The Kier molecular flexibility index (Phi) is 3.87. The molecule has 3 N–H and O–H groups in total. The van der Waals surface area contributed by atoms with Gasteiger partial charge in [-0.3, -0.25) is 4.98 Å². The highest BCUT2D eigenvalue weighted by Gasteiger charge is 2.28. The maximum absolute atomic E-state index is 10.4. The molecule has 0 aliphatic carbocycles. The van der Waals surface area contributed by atoms with E-state index in [0.29, 0.717) is 0 Å². The number of rotatable bonds is 3. The van der Waals surface area contributed by atoms with Crippen LogP contribution in [0, 0.1) is 0 Å². The van der Waals surface area contributed by atoms with E-state index < -0.39 is 18.2 Å². The number of pyridine rings is 1. The highest BCUT2D eigenvalue weighted by atomic mass is 35.5. The van der Waals surface area contributed by atoms with Crippen molar-refractivity contribution in [3.8, 4) is 0 Å². The Labute approximate surface area is 94.9 Å². The van der Waals surface area contributed by atoms with Gasteiger partial charge < -0.3 is 15.3 Å². The lowest BCUT2D eigenvalue weighted by atomic mass is 10.1. The average Bonchev–Trinajstić information content (AvgIpc) is 2.15. The maximum Gasteiger partial charge on any atom is 0.335 e. The van der Waals surface area contributed by atoms with Gasteiger partial charge in [0, 0.05) is 6.20 Å². The first-order valence-corrected chi connectivity index (χ1v) is 4.59. The number of hydrogen-bond acceptors (Lipinski definition) is 4. The van der Waals surface area contributed by atoms with Crippen LogP contribution in [-0.2, 0) is 4.79 Å². The van der Waals surface area contributed by atoms with E-state index in [4.69, 9.17) is 33.4 Å². The summed E-state index contributed by atoms with van der Waals surface area (Å²) in [6, 6.07) is 1.29. The molecule has 0 aromatic carbocycles. The predicted octanol–water partition coefficient (Wildman–Crippen LogP) is 0.867. The van der Waals surface area contributed by atoms with Crippen molar-refractivity contribution < 1.29 is 20.1 Å². The Morgan fingerprint density at radius 3 is 2.47 bits per heavy atom. The molecule has 0 bridgehead atoms. The fourth-order valence-corrected chi connectivity index (χ4v) is 1.42. The number of hydrogen-bond donors (Lipinski definition) is 3. The van der Waals surface area contributed by atoms with Crippen molar-refractivity contribution in [2.45, 2.75) is 12.2 Å². The number of aliphatic hydroxyl groups excluding tert-OH is 2. The number of aromatic nitrogens is 1. The lowest BCUT2D eigenvalue weighted by Crippen LogP contribution is -2.28. The molecule has 5 nitrogen and oxygen atoms in total. The van der Waals surface area contributed by atoms with E-state index in [1.807, 2.05) is 0 Å². The lowest BCUT2D eigenvalue weighted by molar-refractivity contribution is -0.153. The first kappa shape index (κ1) is 12.2. The number of nitrogens with zero attached hydrogens (tertiary/aromatic N) is 1. The van der Waals surface area contributed by atoms with E-state index in [1.165, 1.54) is 12.3 Å². The molecular weight excluding hydrogens is 245 g/mol. The van der Waals surface area contributed by atoms with Gasteiger partial charge in [-0.25, -0.2) is 4.79 Å². The SMILES string of the molecule is O=C(O)C(O)C(O)c1ncc(Cl)cc1Cl. The Morgan fingerprint density at radius 2 is 2.00 bits per heavy atom. The molecule has 2 atom stereocenters. The van der Waals surface area contributed by atoms with Gasteiger partial charge in [0.25, 0.3) is 0 Å². The number of carboxylic acid groups (broad SMARTS) is 1. The van der Waals surface area contributed by atoms with Crippen LogP contribution in [0.4, 0.5) is 0 Å². The maximum atomic E-state index is 10.4. The molecule has 2 unspecified atom stereocenters. The molecular formula is C8H7Cl2NO4. The quantitative estimate of drug-likeness (QED) is 0.742. The van der Waals surface area contributed by atoms with Gasteiger partial charge in [-0.05, 0) is 6.07 Å². The van der Waals surface area contributed by atoms with Gasteiger partial charge in [-0.2, -0.15) is 0 Å². The highest BCUT2D eigenvalue weighted by Crippen LogP contribution is 2.25. The van der Waals surface area contributed by atoms with Gasteiger partial charge in [0.1, 0.15) is 6.10 Å². The van der Waals surface area contributed by atoms with Crippen LogP contribution in [-0.4, -0.2) is 32.4 Å². The van der Waals surface area contributed by atoms with Crippen LogP contribution < -0.4 is 0 Å². The summed E-state index contributed by atoms with van der Waals surface area (Å²) in [5.41, 5.74) is -0.129. The van der Waals surface area contributed by atoms with Gasteiger partial charge >= 0.3 is 5.97 Å². The molecule has 0 aliphatic heterocycles. The Balaban J connectivity index is 3.01. The van der Waals surface area contributed by atoms with Gasteiger partial charge in [0.15, 0.2) is 6.10 Å². The summed E-state index contributed by atoms with van der Waals surface area (Å²) < 4.78 is 0. The van der Waals surface area contributed by atoms with Crippen molar-refractivity contribution in [1.29, 1.82) is 0 Å². The fourth-order valence-electron chi connectivity index (χ4n) is 0.927. The standard InChI is InChI=1S/C8H7Cl2NO4/c9-3-1-4(10)5(11-2-3)6(12)7(13)8(14)15/h1-2,6-7,12-13H,(H,14,15). The van der Waals surface area contributed by atoms with E-state index in [-0.39, 0.29) is 15.7 Å². The van der Waals surface area contributed by atoms with Crippen molar-refractivity contribution in [1.82, 2.24) is 4.98 Å². The van der Waals surface area contributed by atoms with E-state index in [0.717, 1.165) is 0 Å². The molecule has 0 radical (unpaired) electrons. The second-order valence-electron chi connectivity index (χ2n) is 2.75. The number of carboxylic acids is 1. The van der Waals surface area contributed by atoms with Gasteiger partial charge in [-0.1, -0.05) is 23.2 Å². The third-order valence-electron chi connectivity index (χ3n) is 1.67. The van der Waals surface area contributed by atoms with Gasteiger partial charge in [0.2, 0.25) is 0 Å². The van der Waals surface area contributed by atoms with Crippen LogP contribution in [0.5, 0.6) is 0 Å². The molecule has 82 valence electrons.